The number of benzene rings is 1. The molecule has 1 rings (SSSR count). The van der Waals surface area contributed by atoms with Gasteiger partial charge >= 0.3 is 17.5 Å². The molecule has 8 nitrogen and oxygen atoms in total. The number of hydrogen-bond acceptors (Lipinski definition) is 5. The van der Waals surface area contributed by atoms with Crippen LogP contribution in [0.3, 0.4) is 0 Å². The minimum absolute atomic E-state index is 0.111. The molecule has 19 heavy (non-hydrogen) atoms. The van der Waals surface area contributed by atoms with Crippen LogP contribution in [0.2, 0.25) is 0 Å². The van der Waals surface area contributed by atoms with E-state index in [-0.39, 0.29) is 12.2 Å². The number of nitrogens with zero attached hydrogens (tertiary/aromatic N) is 2. The second kappa shape index (κ2) is 6.06. The van der Waals surface area contributed by atoms with E-state index < -0.39 is 28.2 Å². The maximum atomic E-state index is 13.2. The molecule has 0 saturated carbocycles. The lowest BCUT2D eigenvalue weighted by atomic mass is 10.2. The fourth-order valence-corrected chi connectivity index (χ4v) is 1.12. The van der Waals surface area contributed by atoms with E-state index in [1.165, 1.54) is 0 Å². The maximum absolute atomic E-state index is 13.2. The Morgan fingerprint density at radius 1 is 1.42 bits per heavy atom. The number of hydrogen-bond donors (Lipinski definition) is 2. The van der Waals surface area contributed by atoms with E-state index in [9.17, 15) is 24.1 Å². The number of nitrogens with one attached hydrogen (secondary N) is 2. The van der Waals surface area contributed by atoms with Crippen LogP contribution in [0.1, 0.15) is 0 Å². The maximum Gasteiger partial charge on any atom is 0.313 e. The number of anilines is 1. The molecule has 1 aromatic carbocycles. The number of halogens is 1. The zero-order chi connectivity index (χ0) is 14.4. The van der Waals surface area contributed by atoms with E-state index >= 15 is 0 Å². The smallest absolute Gasteiger partial charge is 0.313 e. The van der Waals surface area contributed by atoms with Gasteiger partial charge in [-0.1, -0.05) is 0 Å². The molecule has 0 saturated heterocycles. The van der Waals surface area contributed by atoms with Crippen LogP contribution in [0.5, 0.6) is 0 Å². The molecule has 0 aromatic heterocycles. The third-order valence-corrected chi connectivity index (χ3v) is 1.94. The van der Waals surface area contributed by atoms with Gasteiger partial charge in [0.15, 0.2) is 0 Å². The van der Waals surface area contributed by atoms with Gasteiger partial charge < -0.3 is 10.6 Å². The molecule has 0 aliphatic heterocycles. The van der Waals surface area contributed by atoms with E-state index in [0.29, 0.717) is 6.07 Å². The van der Waals surface area contributed by atoms with Crippen molar-refractivity contribution in [2.45, 2.75) is 0 Å². The highest BCUT2D eigenvalue weighted by molar-refractivity contribution is 6.39. The average Bonchev–Trinajstić information content (AvgIpc) is 2.35. The van der Waals surface area contributed by atoms with Crippen molar-refractivity contribution in [3.05, 3.63) is 34.1 Å². The van der Waals surface area contributed by atoms with Gasteiger partial charge in [-0.25, -0.2) is 0 Å². The standard InChI is InChI=1S/C10H7FN4O4/c11-7-5-6(1-2-8(7)15(18)19)14-10(17)9(16)13-4-3-12/h1-2,5H,4H2,(H,13,16)(H,14,17). The summed E-state index contributed by atoms with van der Waals surface area (Å²) in [7, 11) is 0. The van der Waals surface area contributed by atoms with Gasteiger partial charge in [-0.15, -0.1) is 0 Å². The Balaban J connectivity index is 2.76. The molecule has 0 unspecified atom stereocenters. The molecule has 0 spiro atoms. The molecule has 2 amide bonds. The summed E-state index contributed by atoms with van der Waals surface area (Å²) in [6.45, 7) is -0.346. The molecular formula is C10H7FN4O4. The largest absolute Gasteiger partial charge is 0.335 e. The second-order valence-corrected chi connectivity index (χ2v) is 3.22. The van der Waals surface area contributed by atoms with Gasteiger partial charge in [-0.05, 0) is 6.07 Å². The van der Waals surface area contributed by atoms with Crippen LogP contribution in [-0.2, 0) is 9.59 Å². The summed E-state index contributed by atoms with van der Waals surface area (Å²) in [5.74, 6) is -3.32. The lowest BCUT2D eigenvalue weighted by Crippen LogP contribution is -2.35. The number of nitro groups is 1. The van der Waals surface area contributed by atoms with Gasteiger partial charge in [0, 0.05) is 17.8 Å². The van der Waals surface area contributed by atoms with Crippen LogP contribution in [0.4, 0.5) is 15.8 Å². The van der Waals surface area contributed by atoms with E-state index in [1.54, 1.807) is 6.07 Å². The molecule has 0 radical (unpaired) electrons. The fraction of sp³-hybridized carbons (Fsp3) is 0.100. The predicted octanol–water partition coefficient (Wildman–Crippen LogP) is 0.312. The number of nitro benzene ring substituents is 1. The SMILES string of the molecule is N#CCNC(=O)C(=O)Nc1ccc([N+](=O)[O-])c(F)c1. The molecule has 0 aliphatic carbocycles. The van der Waals surface area contributed by atoms with Crippen molar-refractivity contribution in [2.75, 3.05) is 11.9 Å². The lowest BCUT2D eigenvalue weighted by molar-refractivity contribution is -0.387. The molecule has 0 bridgehead atoms. The fourth-order valence-electron chi connectivity index (χ4n) is 1.12. The minimum atomic E-state index is -1.14. The van der Waals surface area contributed by atoms with Crippen LogP contribution in [0, 0.1) is 27.3 Å². The van der Waals surface area contributed by atoms with Crippen molar-refractivity contribution in [2.24, 2.45) is 0 Å². The summed E-state index contributed by atoms with van der Waals surface area (Å²) >= 11 is 0. The quantitative estimate of drug-likeness (QED) is 0.352. The molecule has 0 fully saturated rings. The summed E-state index contributed by atoms with van der Waals surface area (Å²) in [5.41, 5.74) is -0.855. The highest BCUT2D eigenvalue weighted by atomic mass is 19.1. The van der Waals surface area contributed by atoms with Gasteiger partial charge in [0.2, 0.25) is 5.82 Å². The van der Waals surface area contributed by atoms with E-state index in [2.05, 4.69) is 0 Å². The summed E-state index contributed by atoms with van der Waals surface area (Å²) in [6.07, 6.45) is 0. The van der Waals surface area contributed by atoms with Crippen molar-refractivity contribution in [1.82, 2.24) is 5.32 Å². The van der Waals surface area contributed by atoms with Gasteiger partial charge in [-0.3, -0.25) is 19.7 Å². The highest BCUT2D eigenvalue weighted by Gasteiger charge is 2.17. The number of nitriles is 1. The van der Waals surface area contributed by atoms with E-state index in [4.69, 9.17) is 5.26 Å². The van der Waals surface area contributed by atoms with Gasteiger partial charge in [0.25, 0.3) is 0 Å². The third-order valence-electron chi connectivity index (χ3n) is 1.94. The van der Waals surface area contributed by atoms with Crippen LogP contribution in [-0.4, -0.2) is 23.3 Å². The van der Waals surface area contributed by atoms with Crippen LogP contribution in [0.25, 0.3) is 0 Å². The summed E-state index contributed by atoms with van der Waals surface area (Å²) in [6, 6.07) is 4.25. The molecule has 0 aliphatic rings. The van der Waals surface area contributed by atoms with Crippen molar-refractivity contribution in [3.8, 4) is 6.07 Å². The Bertz CT molecular complexity index is 581. The first kappa shape index (κ1) is 14.0. The third kappa shape index (κ3) is 3.74. The second-order valence-electron chi connectivity index (χ2n) is 3.22. The Morgan fingerprint density at radius 3 is 2.63 bits per heavy atom. The summed E-state index contributed by atoms with van der Waals surface area (Å²) < 4.78 is 13.2. The first-order valence-corrected chi connectivity index (χ1v) is 4.85. The van der Waals surface area contributed by atoms with Crippen LogP contribution < -0.4 is 10.6 Å². The van der Waals surface area contributed by atoms with Crippen molar-refractivity contribution in [1.29, 1.82) is 5.26 Å². The van der Waals surface area contributed by atoms with E-state index in [0.717, 1.165) is 12.1 Å². The first-order valence-electron chi connectivity index (χ1n) is 4.85. The normalized spacial score (nSPS) is 9.26. The summed E-state index contributed by atoms with van der Waals surface area (Å²) in [4.78, 5) is 31.8. The topological polar surface area (TPSA) is 125 Å². The number of carbonyl (C=O) groups excluding carboxylic acids is 2. The Labute approximate surface area is 106 Å². The van der Waals surface area contributed by atoms with Gasteiger partial charge in [0.05, 0.1) is 11.0 Å². The van der Waals surface area contributed by atoms with Crippen molar-refractivity contribution in [3.63, 3.8) is 0 Å². The van der Waals surface area contributed by atoms with Crippen molar-refractivity contribution < 1.29 is 18.9 Å². The Morgan fingerprint density at radius 2 is 2.11 bits per heavy atom. The Hall–Kier alpha value is -3.02. The zero-order valence-electron chi connectivity index (χ0n) is 9.34. The first-order chi connectivity index (χ1) is 8.95. The number of carbonyl (C=O) groups is 2. The van der Waals surface area contributed by atoms with Crippen molar-refractivity contribution >= 4 is 23.2 Å². The van der Waals surface area contributed by atoms with E-state index in [1.807, 2.05) is 10.6 Å². The number of rotatable bonds is 3. The molecule has 0 heterocycles. The van der Waals surface area contributed by atoms with Gasteiger partial charge in [-0.2, -0.15) is 9.65 Å². The minimum Gasteiger partial charge on any atom is -0.335 e. The monoisotopic (exact) mass is 266 g/mol. The molecular weight excluding hydrogens is 259 g/mol. The zero-order valence-corrected chi connectivity index (χ0v) is 9.34. The summed E-state index contributed by atoms with van der Waals surface area (Å²) in [5, 5.41) is 22.6. The molecule has 9 heteroatoms. The Kier molecular flexibility index (Phi) is 4.48. The van der Waals surface area contributed by atoms with Crippen LogP contribution >= 0.6 is 0 Å². The highest BCUT2D eigenvalue weighted by Crippen LogP contribution is 2.20. The number of amides is 2. The van der Waals surface area contributed by atoms with Gasteiger partial charge in [0.1, 0.15) is 6.54 Å². The molecule has 1 aromatic rings. The van der Waals surface area contributed by atoms with Crippen LogP contribution in [0.15, 0.2) is 18.2 Å². The lowest BCUT2D eigenvalue weighted by Gasteiger charge is -2.04. The predicted molar refractivity (Wildman–Crippen MR) is 60.3 cm³/mol. The average molecular weight is 266 g/mol. The molecule has 98 valence electrons. The molecule has 2 N–H and O–H groups in total. The molecule has 0 atom stereocenters.